The number of nitrogens with two attached hydrogens (primary N) is 1. The van der Waals surface area contributed by atoms with Crippen LogP contribution in [-0.4, -0.2) is 20.9 Å². The van der Waals surface area contributed by atoms with Crippen LogP contribution in [0.1, 0.15) is 25.3 Å². The van der Waals surface area contributed by atoms with Crippen molar-refractivity contribution in [1.82, 2.24) is 0 Å². The fourth-order valence-electron chi connectivity index (χ4n) is 2.31. The standard InChI is InChI=1S/C18H22N2O3S/c1-2-3-5-14-8-10-16(11-9-14)24(22,23)17-7-4-6-15(12-17)20-18(21)13-19/h4,6-12H,2-3,5,13,19H2,1H3,(H,20,21). The Labute approximate surface area is 142 Å². The van der Waals surface area contributed by atoms with Gasteiger partial charge in [0.25, 0.3) is 0 Å². The molecule has 6 heteroatoms. The predicted molar refractivity (Wildman–Crippen MR) is 94.6 cm³/mol. The Bertz CT molecular complexity index is 799. The number of carbonyl (C=O) groups excluding carboxylic acids is 1. The van der Waals surface area contributed by atoms with E-state index >= 15 is 0 Å². The molecule has 0 bridgehead atoms. The Morgan fingerprint density at radius 3 is 2.42 bits per heavy atom. The number of sulfone groups is 1. The van der Waals surface area contributed by atoms with Gasteiger partial charge in [-0.05, 0) is 48.7 Å². The van der Waals surface area contributed by atoms with E-state index in [1.807, 2.05) is 12.1 Å². The van der Waals surface area contributed by atoms with Crippen LogP contribution < -0.4 is 11.1 Å². The van der Waals surface area contributed by atoms with Gasteiger partial charge in [-0.3, -0.25) is 4.79 Å². The highest BCUT2D eigenvalue weighted by molar-refractivity contribution is 7.91. The Morgan fingerprint density at radius 1 is 1.08 bits per heavy atom. The van der Waals surface area contributed by atoms with Crippen LogP contribution in [0.25, 0.3) is 0 Å². The average molecular weight is 346 g/mol. The first-order valence-corrected chi connectivity index (χ1v) is 9.39. The molecule has 0 aromatic heterocycles. The molecular weight excluding hydrogens is 324 g/mol. The molecule has 128 valence electrons. The molecule has 0 aliphatic rings. The topological polar surface area (TPSA) is 89.3 Å². The number of benzene rings is 2. The molecule has 3 N–H and O–H groups in total. The van der Waals surface area contributed by atoms with E-state index < -0.39 is 9.84 Å². The zero-order valence-corrected chi connectivity index (χ0v) is 14.5. The number of hydrogen-bond donors (Lipinski definition) is 2. The molecule has 0 aliphatic carbocycles. The van der Waals surface area contributed by atoms with Crippen molar-refractivity contribution in [3.8, 4) is 0 Å². The van der Waals surface area contributed by atoms with Gasteiger partial charge in [0.15, 0.2) is 0 Å². The van der Waals surface area contributed by atoms with E-state index in [9.17, 15) is 13.2 Å². The smallest absolute Gasteiger partial charge is 0.238 e. The van der Waals surface area contributed by atoms with Crippen molar-refractivity contribution in [2.24, 2.45) is 5.73 Å². The third kappa shape index (κ3) is 4.43. The molecule has 5 nitrogen and oxygen atoms in total. The van der Waals surface area contributed by atoms with Crippen molar-refractivity contribution in [1.29, 1.82) is 0 Å². The van der Waals surface area contributed by atoms with Crippen LogP contribution in [0.15, 0.2) is 58.3 Å². The molecule has 0 atom stereocenters. The lowest BCUT2D eigenvalue weighted by molar-refractivity contribution is -0.114. The second-order valence-corrected chi connectivity index (χ2v) is 7.48. The summed E-state index contributed by atoms with van der Waals surface area (Å²) >= 11 is 0. The lowest BCUT2D eigenvalue weighted by Gasteiger charge is -2.09. The van der Waals surface area contributed by atoms with Crippen molar-refractivity contribution < 1.29 is 13.2 Å². The van der Waals surface area contributed by atoms with Crippen LogP contribution in [0.2, 0.25) is 0 Å². The second kappa shape index (κ2) is 8.08. The Balaban J connectivity index is 2.26. The minimum Gasteiger partial charge on any atom is -0.325 e. The summed E-state index contributed by atoms with van der Waals surface area (Å²) in [5.41, 5.74) is 6.79. The van der Waals surface area contributed by atoms with Gasteiger partial charge < -0.3 is 11.1 Å². The summed E-state index contributed by atoms with van der Waals surface area (Å²) in [6.45, 7) is 1.96. The monoisotopic (exact) mass is 346 g/mol. The van der Waals surface area contributed by atoms with Gasteiger partial charge in [-0.25, -0.2) is 8.42 Å². The maximum atomic E-state index is 12.7. The first kappa shape index (κ1) is 18.2. The SMILES string of the molecule is CCCCc1ccc(S(=O)(=O)c2cccc(NC(=O)CN)c2)cc1. The third-order valence-electron chi connectivity index (χ3n) is 3.67. The van der Waals surface area contributed by atoms with Crippen LogP contribution >= 0.6 is 0 Å². The molecular formula is C18H22N2O3S. The highest BCUT2D eigenvalue weighted by Gasteiger charge is 2.18. The predicted octanol–water partition coefficient (Wildman–Crippen LogP) is 2.76. The van der Waals surface area contributed by atoms with Crippen LogP contribution in [0.4, 0.5) is 5.69 Å². The van der Waals surface area contributed by atoms with Crippen LogP contribution in [0.3, 0.4) is 0 Å². The van der Waals surface area contributed by atoms with Crippen molar-refractivity contribution in [2.75, 3.05) is 11.9 Å². The number of amides is 1. The van der Waals surface area contributed by atoms with Gasteiger partial charge in [0, 0.05) is 5.69 Å². The molecule has 1 amide bonds. The molecule has 0 spiro atoms. The van der Waals surface area contributed by atoms with Crippen molar-refractivity contribution >= 4 is 21.4 Å². The van der Waals surface area contributed by atoms with Gasteiger partial charge in [-0.15, -0.1) is 0 Å². The Hall–Kier alpha value is -2.18. The van der Waals surface area contributed by atoms with E-state index in [0.29, 0.717) is 5.69 Å². The van der Waals surface area contributed by atoms with Crippen LogP contribution in [0.5, 0.6) is 0 Å². The Kier molecular flexibility index (Phi) is 6.11. The number of anilines is 1. The number of unbranched alkanes of at least 4 members (excludes halogenated alkanes) is 1. The summed E-state index contributed by atoms with van der Waals surface area (Å²) in [5, 5.41) is 2.56. The van der Waals surface area contributed by atoms with Gasteiger partial charge in [-0.1, -0.05) is 31.5 Å². The van der Waals surface area contributed by atoms with E-state index in [2.05, 4.69) is 12.2 Å². The number of aryl methyl sites for hydroxylation is 1. The van der Waals surface area contributed by atoms with E-state index in [1.165, 1.54) is 12.1 Å². The number of rotatable bonds is 7. The molecule has 0 aliphatic heterocycles. The number of carbonyl (C=O) groups is 1. The summed E-state index contributed by atoms with van der Waals surface area (Å²) in [5.74, 6) is -0.371. The summed E-state index contributed by atoms with van der Waals surface area (Å²) in [7, 11) is -3.62. The summed E-state index contributed by atoms with van der Waals surface area (Å²) in [4.78, 5) is 11.7. The fourth-order valence-corrected chi connectivity index (χ4v) is 3.61. The van der Waals surface area contributed by atoms with Crippen molar-refractivity contribution in [2.45, 2.75) is 36.0 Å². The maximum absolute atomic E-state index is 12.7. The first-order chi connectivity index (χ1) is 11.5. The van der Waals surface area contributed by atoms with Crippen molar-refractivity contribution in [3.05, 3.63) is 54.1 Å². The molecule has 0 saturated carbocycles. The second-order valence-electron chi connectivity index (χ2n) is 5.53. The molecule has 0 unspecified atom stereocenters. The molecule has 2 rings (SSSR count). The van der Waals surface area contributed by atoms with Gasteiger partial charge >= 0.3 is 0 Å². The zero-order chi connectivity index (χ0) is 17.6. The molecule has 0 saturated heterocycles. The van der Waals surface area contributed by atoms with Crippen LogP contribution in [0, 0.1) is 0 Å². The molecule has 0 fully saturated rings. The normalized spacial score (nSPS) is 11.2. The number of hydrogen-bond acceptors (Lipinski definition) is 4. The largest absolute Gasteiger partial charge is 0.325 e. The lowest BCUT2D eigenvalue weighted by Crippen LogP contribution is -2.21. The molecule has 24 heavy (non-hydrogen) atoms. The molecule has 2 aromatic carbocycles. The average Bonchev–Trinajstić information content (AvgIpc) is 2.60. The van der Waals surface area contributed by atoms with Gasteiger partial charge in [-0.2, -0.15) is 0 Å². The van der Waals surface area contributed by atoms with Crippen LogP contribution in [-0.2, 0) is 21.1 Å². The fraction of sp³-hybridized carbons (Fsp3) is 0.278. The molecule has 2 aromatic rings. The zero-order valence-electron chi connectivity index (χ0n) is 13.7. The first-order valence-electron chi connectivity index (χ1n) is 7.91. The lowest BCUT2D eigenvalue weighted by atomic mass is 10.1. The number of nitrogens with one attached hydrogen (secondary N) is 1. The van der Waals surface area contributed by atoms with E-state index in [-0.39, 0.29) is 22.2 Å². The summed E-state index contributed by atoms with van der Waals surface area (Å²) < 4.78 is 25.5. The quantitative estimate of drug-likeness (QED) is 0.807. The van der Waals surface area contributed by atoms with E-state index in [1.54, 1.807) is 24.3 Å². The minimum atomic E-state index is -3.62. The highest BCUT2D eigenvalue weighted by atomic mass is 32.2. The molecule has 0 radical (unpaired) electrons. The minimum absolute atomic E-state index is 0.138. The van der Waals surface area contributed by atoms with Crippen molar-refractivity contribution in [3.63, 3.8) is 0 Å². The third-order valence-corrected chi connectivity index (χ3v) is 5.43. The van der Waals surface area contributed by atoms with Gasteiger partial charge in [0.2, 0.25) is 15.7 Å². The maximum Gasteiger partial charge on any atom is 0.238 e. The van der Waals surface area contributed by atoms with Gasteiger partial charge in [0.05, 0.1) is 16.3 Å². The Morgan fingerprint density at radius 2 is 1.79 bits per heavy atom. The van der Waals surface area contributed by atoms with E-state index in [0.717, 1.165) is 24.8 Å². The van der Waals surface area contributed by atoms with E-state index in [4.69, 9.17) is 5.73 Å². The van der Waals surface area contributed by atoms with Gasteiger partial charge in [0.1, 0.15) is 0 Å². The highest BCUT2D eigenvalue weighted by Crippen LogP contribution is 2.24. The molecule has 0 heterocycles. The summed E-state index contributed by atoms with van der Waals surface area (Å²) in [6, 6.07) is 13.1. The summed E-state index contributed by atoms with van der Waals surface area (Å²) in [6.07, 6.45) is 3.12.